The van der Waals surface area contributed by atoms with E-state index in [1.807, 2.05) is 12.4 Å². The minimum atomic E-state index is -0.207. The zero-order valence-corrected chi connectivity index (χ0v) is 11.3. The molecule has 1 aromatic carbocycles. The van der Waals surface area contributed by atoms with Crippen LogP contribution in [0.3, 0.4) is 0 Å². The Kier molecular flexibility index (Phi) is 4.84. The predicted octanol–water partition coefficient (Wildman–Crippen LogP) is 3.49. The Balaban J connectivity index is 1.95. The molecular weight excluding hydrogens is 247 g/mol. The van der Waals surface area contributed by atoms with Gasteiger partial charge in [0.1, 0.15) is 5.82 Å². The third kappa shape index (κ3) is 3.62. The van der Waals surface area contributed by atoms with Crippen LogP contribution in [0.5, 0.6) is 0 Å². The molecule has 2 nitrogen and oxygen atoms in total. The standard InChI is InChI=1S/C14H17FN2S/c1-16-9-3-2-4-14-17-13(10-18-14)11-5-7-12(15)8-6-11/h5-8,10,16H,2-4,9H2,1H3. The number of nitrogens with zero attached hydrogens (tertiary/aromatic N) is 1. The van der Waals surface area contributed by atoms with Crippen LogP contribution >= 0.6 is 11.3 Å². The van der Waals surface area contributed by atoms with Gasteiger partial charge in [-0.05, 0) is 57.1 Å². The minimum Gasteiger partial charge on any atom is -0.320 e. The van der Waals surface area contributed by atoms with Gasteiger partial charge in [0, 0.05) is 10.9 Å². The fraction of sp³-hybridized carbons (Fsp3) is 0.357. The molecule has 96 valence electrons. The normalized spacial score (nSPS) is 10.8. The van der Waals surface area contributed by atoms with Crippen molar-refractivity contribution >= 4 is 11.3 Å². The summed E-state index contributed by atoms with van der Waals surface area (Å²) in [6.45, 7) is 1.05. The van der Waals surface area contributed by atoms with E-state index in [9.17, 15) is 4.39 Å². The number of benzene rings is 1. The van der Waals surface area contributed by atoms with Gasteiger partial charge in [-0.2, -0.15) is 0 Å². The van der Waals surface area contributed by atoms with Crippen LogP contribution in [-0.2, 0) is 6.42 Å². The van der Waals surface area contributed by atoms with E-state index < -0.39 is 0 Å². The van der Waals surface area contributed by atoms with Crippen LogP contribution in [0.1, 0.15) is 17.8 Å². The Morgan fingerprint density at radius 1 is 1.22 bits per heavy atom. The van der Waals surface area contributed by atoms with Gasteiger partial charge in [0.05, 0.1) is 10.7 Å². The number of aryl methyl sites for hydroxylation is 1. The highest BCUT2D eigenvalue weighted by atomic mass is 32.1. The minimum absolute atomic E-state index is 0.207. The highest BCUT2D eigenvalue weighted by Crippen LogP contribution is 2.22. The van der Waals surface area contributed by atoms with Gasteiger partial charge < -0.3 is 5.32 Å². The molecule has 1 heterocycles. The first-order valence-electron chi connectivity index (χ1n) is 6.14. The highest BCUT2D eigenvalue weighted by molar-refractivity contribution is 7.09. The predicted molar refractivity (Wildman–Crippen MR) is 74.4 cm³/mol. The first-order valence-corrected chi connectivity index (χ1v) is 7.02. The van der Waals surface area contributed by atoms with Gasteiger partial charge in [0.2, 0.25) is 0 Å². The molecule has 0 saturated carbocycles. The number of hydrogen-bond donors (Lipinski definition) is 1. The molecule has 4 heteroatoms. The fourth-order valence-corrected chi connectivity index (χ4v) is 2.61. The third-order valence-electron chi connectivity index (χ3n) is 2.76. The van der Waals surface area contributed by atoms with Gasteiger partial charge in [-0.1, -0.05) is 0 Å². The molecule has 0 radical (unpaired) electrons. The maximum Gasteiger partial charge on any atom is 0.123 e. The molecule has 18 heavy (non-hydrogen) atoms. The monoisotopic (exact) mass is 264 g/mol. The summed E-state index contributed by atoms with van der Waals surface area (Å²) in [5, 5.41) is 6.34. The van der Waals surface area contributed by atoms with E-state index in [0.717, 1.165) is 35.7 Å². The summed E-state index contributed by atoms with van der Waals surface area (Å²) in [5.41, 5.74) is 1.93. The van der Waals surface area contributed by atoms with Crippen LogP contribution in [-0.4, -0.2) is 18.6 Å². The average Bonchev–Trinajstić information content (AvgIpc) is 2.84. The van der Waals surface area contributed by atoms with Crippen molar-refractivity contribution in [1.29, 1.82) is 0 Å². The first kappa shape index (κ1) is 13.2. The van der Waals surface area contributed by atoms with E-state index in [-0.39, 0.29) is 5.82 Å². The van der Waals surface area contributed by atoms with E-state index in [1.165, 1.54) is 18.6 Å². The molecule has 0 amide bonds. The molecule has 2 rings (SSSR count). The quantitative estimate of drug-likeness (QED) is 0.808. The third-order valence-corrected chi connectivity index (χ3v) is 3.67. The molecule has 0 spiro atoms. The molecule has 0 saturated heterocycles. The van der Waals surface area contributed by atoms with Gasteiger partial charge in [-0.15, -0.1) is 11.3 Å². The lowest BCUT2D eigenvalue weighted by molar-refractivity contribution is 0.628. The topological polar surface area (TPSA) is 24.9 Å². The van der Waals surface area contributed by atoms with E-state index in [0.29, 0.717) is 0 Å². The SMILES string of the molecule is CNCCCCc1nc(-c2ccc(F)cc2)cs1. The molecule has 0 aliphatic heterocycles. The maximum absolute atomic E-state index is 12.8. The van der Waals surface area contributed by atoms with Gasteiger partial charge in [0.25, 0.3) is 0 Å². The molecule has 0 atom stereocenters. The van der Waals surface area contributed by atoms with Crippen molar-refractivity contribution in [3.63, 3.8) is 0 Å². The van der Waals surface area contributed by atoms with E-state index in [4.69, 9.17) is 0 Å². The molecule has 0 bridgehead atoms. The summed E-state index contributed by atoms with van der Waals surface area (Å²) in [5.74, 6) is -0.207. The van der Waals surface area contributed by atoms with Crippen LogP contribution in [0.4, 0.5) is 4.39 Å². The number of thiazole rings is 1. The van der Waals surface area contributed by atoms with E-state index in [2.05, 4.69) is 10.3 Å². The summed E-state index contributed by atoms with van der Waals surface area (Å²) < 4.78 is 12.8. The zero-order valence-electron chi connectivity index (χ0n) is 10.4. The fourth-order valence-electron chi connectivity index (χ4n) is 1.76. The Morgan fingerprint density at radius 2 is 2.00 bits per heavy atom. The lowest BCUT2D eigenvalue weighted by Gasteiger charge is -1.98. The van der Waals surface area contributed by atoms with Crippen LogP contribution < -0.4 is 5.32 Å². The van der Waals surface area contributed by atoms with Gasteiger partial charge in [-0.3, -0.25) is 0 Å². The van der Waals surface area contributed by atoms with Crippen LogP contribution in [0, 0.1) is 5.82 Å². The lowest BCUT2D eigenvalue weighted by atomic mass is 10.2. The average molecular weight is 264 g/mol. The first-order chi connectivity index (χ1) is 8.79. The van der Waals surface area contributed by atoms with Crippen molar-refractivity contribution in [2.45, 2.75) is 19.3 Å². The number of hydrogen-bond acceptors (Lipinski definition) is 3. The lowest BCUT2D eigenvalue weighted by Crippen LogP contribution is -2.07. The van der Waals surface area contributed by atoms with Crippen molar-refractivity contribution < 1.29 is 4.39 Å². The van der Waals surface area contributed by atoms with Crippen molar-refractivity contribution in [3.05, 3.63) is 40.5 Å². The second-order valence-electron chi connectivity index (χ2n) is 4.19. The molecule has 0 aliphatic carbocycles. The summed E-state index contributed by atoms with van der Waals surface area (Å²) in [6.07, 6.45) is 3.34. The van der Waals surface area contributed by atoms with E-state index >= 15 is 0 Å². The van der Waals surface area contributed by atoms with Crippen molar-refractivity contribution in [3.8, 4) is 11.3 Å². The number of rotatable bonds is 6. The maximum atomic E-state index is 12.8. The van der Waals surface area contributed by atoms with Gasteiger partial charge >= 0.3 is 0 Å². The van der Waals surface area contributed by atoms with Crippen LogP contribution in [0.2, 0.25) is 0 Å². The summed E-state index contributed by atoms with van der Waals surface area (Å²) in [7, 11) is 1.97. The molecule has 0 unspecified atom stereocenters. The molecule has 2 aromatic rings. The summed E-state index contributed by atoms with van der Waals surface area (Å²) in [6, 6.07) is 6.49. The molecule has 1 N–H and O–H groups in total. The summed E-state index contributed by atoms with van der Waals surface area (Å²) in [4.78, 5) is 4.58. The van der Waals surface area contributed by atoms with Crippen LogP contribution in [0.25, 0.3) is 11.3 Å². The second kappa shape index (κ2) is 6.61. The molecule has 1 aromatic heterocycles. The van der Waals surface area contributed by atoms with Crippen molar-refractivity contribution in [2.75, 3.05) is 13.6 Å². The number of nitrogens with one attached hydrogen (secondary N) is 1. The number of unbranched alkanes of at least 4 members (excludes halogenated alkanes) is 1. The Morgan fingerprint density at radius 3 is 2.72 bits per heavy atom. The Labute approximate surface area is 111 Å². The zero-order chi connectivity index (χ0) is 12.8. The number of halogens is 1. The van der Waals surface area contributed by atoms with Gasteiger partial charge in [-0.25, -0.2) is 9.37 Å². The molecular formula is C14H17FN2S. The highest BCUT2D eigenvalue weighted by Gasteiger charge is 2.04. The Bertz CT molecular complexity index is 479. The van der Waals surface area contributed by atoms with Crippen LogP contribution in [0.15, 0.2) is 29.6 Å². The van der Waals surface area contributed by atoms with E-state index in [1.54, 1.807) is 23.5 Å². The molecule has 0 fully saturated rings. The summed E-state index contributed by atoms with van der Waals surface area (Å²) >= 11 is 1.68. The number of aromatic nitrogens is 1. The van der Waals surface area contributed by atoms with Gasteiger partial charge in [0.15, 0.2) is 0 Å². The smallest absolute Gasteiger partial charge is 0.123 e. The van der Waals surface area contributed by atoms with Crippen molar-refractivity contribution in [1.82, 2.24) is 10.3 Å². The Hall–Kier alpha value is -1.26. The molecule has 0 aliphatic rings. The van der Waals surface area contributed by atoms with Crippen molar-refractivity contribution in [2.24, 2.45) is 0 Å². The second-order valence-corrected chi connectivity index (χ2v) is 5.14. The largest absolute Gasteiger partial charge is 0.320 e.